The van der Waals surface area contributed by atoms with Gasteiger partial charge in [-0.1, -0.05) is 29.8 Å². The number of carbonyl (C=O) groups is 1. The molecule has 0 aliphatic heterocycles. The molecule has 0 saturated carbocycles. The Labute approximate surface area is 115 Å². The number of hydrogen-bond acceptors (Lipinski definition) is 3. The topological polar surface area (TPSA) is 59.4 Å². The Morgan fingerprint density at radius 1 is 1.32 bits per heavy atom. The summed E-state index contributed by atoms with van der Waals surface area (Å²) >= 11 is 6.01. The molecular weight excluding hydrogens is 266 g/mol. The van der Waals surface area contributed by atoms with Crippen molar-refractivity contribution in [1.29, 1.82) is 0 Å². The summed E-state index contributed by atoms with van der Waals surface area (Å²) < 4.78 is 5.49. The van der Waals surface area contributed by atoms with Crippen LogP contribution in [-0.4, -0.2) is 16.1 Å². The van der Waals surface area contributed by atoms with Gasteiger partial charge in [-0.15, -0.1) is 0 Å². The Morgan fingerprint density at radius 2 is 2.05 bits per heavy atom. The molecule has 19 heavy (non-hydrogen) atoms. The maximum absolute atomic E-state index is 11.1. The molecule has 0 saturated heterocycles. The lowest BCUT2D eigenvalue weighted by Gasteiger charge is -2.10. The summed E-state index contributed by atoms with van der Waals surface area (Å²) in [7, 11) is 0. The van der Waals surface area contributed by atoms with Crippen LogP contribution in [0.3, 0.4) is 0 Å². The smallest absolute Gasteiger partial charge is 0.358 e. The Hall–Kier alpha value is -2.07. The van der Waals surface area contributed by atoms with Crippen LogP contribution in [0, 0.1) is 6.92 Å². The third kappa shape index (κ3) is 3.23. The summed E-state index contributed by atoms with van der Waals surface area (Å²) in [6.07, 6.45) is 0. The highest BCUT2D eigenvalue weighted by Crippen LogP contribution is 2.21. The van der Waals surface area contributed by atoms with Crippen molar-refractivity contribution >= 4 is 17.6 Å². The molecule has 2 aromatic rings. The minimum absolute atomic E-state index is 0.0907. The number of benzene rings is 1. The molecule has 1 N–H and O–H groups in total. The first-order valence-corrected chi connectivity index (χ1v) is 6.03. The van der Waals surface area contributed by atoms with Crippen LogP contribution in [0.5, 0.6) is 5.75 Å². The molecule has 0 unspecified atom stereocenters. The molecule has 4 nitrogen and oxygen atoms in total. The van der Waals surface area contributed by atoms with E-state index in [4.69, 9.17) is 21.4 Å². The van der Waals surface area contributed by atoms with Gasteiger partial charge in [0, 0.05) is 16.3 Å². The Morgan fingerprint density at radius 3 is 2.74 bits per heavy atom. The molecule has 5 heteroatoms. The largest absolute Gasteiger partial charge is 0.486 e. The molecular formula is C14H12ClNO3. The molecule has 0 atom stereocenters. The highest BCUT2D eigenvalue weighted by Gasteiger charge is 2.13. The van der Waals surface area contributed by atoms with Gasteiger partial charge < -0.3 is 9.84 Å². The first-order valence-electron chi connectivity index (χ1n) is 5.65. The number of carboxylic acid groups (broad SMARTS) is 1. The van der Waals surface area contributed by atoms with E-state index in [1.807, 2.05) is 18.2 Å². The number of aryl methyl sites for hydroxylation is 1. The standard InChI is InChI=1S/C14H12ClNO3/c1-9-6-7-12(13(16-9)14(17)18)19-8-10-4-2-3-5-11(10)15/h2-7H,8H2,1H3,(H,17,18). The van der Waals surface area contributed by atoms with E-state index in [1.165, 1.54) is 0 Å². The number of aromatic carboxylic acids is 1. The van der Waals surface area contributed by atoms with Crippen LogP contribution in [0.15, 0.2) is 36.4 Å². The van der Waals surface area contributed by atoms with E-state index in [1.54, 1.807) is 25.1 Å². The van der Waals surface area contributed by atoms with Gasteiger partial charge in [0.25, 0.3) is 0 Å². The number of ether oxygens (including phenoxy) is 1. The van der Waals surface area contributed by atoms with Crippen LogP contribution in [-0.2, 0) is 6.61 Å². The minimum Gasteiger partial charge on any atom is -0.486 e. The maximum Gasteiger partial charge on any atom is 0.358 e. The van der Waals surface area contributed by atoms with E-state index in [0.717, 1.165) is 5.56 Å². The number of rotatable bonds is 4. The molecule has 1 heterocycles. The molecule has 0 aliphatic carbocycles. The van der Waals surface area contributed by atoms with Gasteiger partial charge in [-0.3, -0.25) is 0 Å². The number of carboxylic acids is 1. The monoisotopic (exact) mass is 277 g/mol. The number of aromatic nitrogens is 1. The molecule has 1 aromatic heterocycles. The average Bonchev–Trinajstić information content (AvgIpc) is 2.38. The Kier molecular flexibility index (Phi) is 4.02. The van der Waals surface area contributed by atoms with Crippen molar-refractivity contribution in [1.82, 2.24) is 4.98 Å². The van der Waals surface area contributed by atoms with Gasteiger partial charge in [-0.05, 0) is 25.1 Å². The van der Waals surface area contributed by atoms with E-state index in [2.05, 4.69) is 4.98 Å². The van der Waals surface area contributed by atoms with Crippen LogP contribution in [0.4, 0.5) is 0 Å². The summed E-state index contributed by atoms with van der Waals surface area (Å²) in [6.45, 7) is 1.93. The van der Waals surface area contributed by atoms with Crippen LogP contribution < -0.4 is 4.74 Å². The van der Waals surface area contributed by atoms with Crippen LogP contribution in [0.25, 0.3) is 0 Å². The molecule has 0 bridgehead atoms. The van der Waals surface area contributed by atoms with Crippen molar-refractivity contribution < 1.29 is 14.6 Å². The third-order valence-corrected chi connectivity index (χ3v) is 2.91. The fraction of sp³-hybridized carbons (Fsp3) is 0.143. The van der Waals surface area contributed by atoms with E-state index in [9.17, 15) is 4.79 Å². The van der Waals surface area contributed by atoms with Crippen LogP contribution in [0.1, 0.15) is 21.7 Å². The summed E-state index contributed by atoms with van der Waals surface area (Å²) in [6, 6.07) is 10.5. The molecule has 1 aromatic carbocycles. The first kappa shape index (κ1) is 13.4. The summed E-state index contributed by atoms with van der Waals surface area (Å²) in [5.74, 6) is -0.879. The van der Waals surface area contributed by atoms with Gasteiger partial charge >= 0.3 is 5.97 Å². The van der Waals surface area contributed by atoms with Gasteiger partial charge in [-0.2, -0.15) is 0 Å². The molecule has 98 valence electrons. The number of pyridine rings is 1. The highest BCUT2D eigenvalue weighted by molar-refractivity contribution is 6.31. The lowest BCUT2D eigenvalue weighted by Crippen LogP contribution is -2.07. The van der Waals surface area contributed by atoms with Gasteiger partial charge in [-0.25, -0.2) is 9.78 Å². The zero-order chi connectivity index (χ0) is 13.8. The van der Waals surface area contributed by atoms with Gasteiger partial charge in [0.15, 0.2) is 11.4 Å². The van der Waals surface area contributed by atoms with Crippen molar-refractivity contribution in [3.63, 3.8) is 0 Å². The van der Waals surface area contributed by atoms with Crippen molar-refractivity contribution in [3.05, 3.63) is 58.4 Å². The molecule has 0 aliphatic rings. The summed E-state index contributed by atoms with van der Waals surface area (Å²) in [5.41, 5.74) is 1.33. The zero-order valence-electron chi connectivity index (χ0n) is 10.3. The molecule has 2 rings (SSSR count). The SMILES string of the molecule is Cc1ccc(OCc2ccccc2Cl)c(C(=O)O)n1. The van der Waals surface area contributed by atoms with E-state index >= 15 is 0 Å². The Bertz CT molecular complexity index is 613. The van der Waals surface area contributed by atoms with Crippen molar-refractivity contribution in [2.75, 3.05) is 0 Å². The first-order chi connectivity index (χ1) is 9.08. The van der Waals surface area contributed by atoms with Gasteiger partial charge in [0.1, 0.15) is 6.61 Å². The van der Waals surface area contributed by atoms with E-state index in [-0.39, 0.29) is 18.1 Å². The highest BCUT2D eigenvalue weighted by atomic mass is 35.5. The van der Waals surface area contributed by atoms with Crippen LogP contribution >= 0.6 is 11.6 Å². The van der Waals surface area contributed by atoms with Crippen molar-refractivity contribution in [3.8, 4) is 5.75 Å². The molecule has 0 fully saturated rings. The molecule has 0 amide bonds. The molecule has 0 radical (unpaired) electrons. The average molecular weight is 278 g/mol. The third-order valence-electron chi connectivity index (χ3n) is 2.54. The summed E-state index contributed by atoms with van der Waals surface area (Å²) in [5, 5.41) is 9.66. The Balaban J connectivity index is 2.20. The number of halogens is 1. The molecule has 0 spiro atoms. The van der Waals surface area contributed by atoms with Crippen LogP contribution in [0.2, 0.25) is 5.02 Å². The number of hydrogen-bond donors (Lipinski definition) is 1. The van der Waals surface area contributed by atoms with E-state index in [0.29, 0.717) is 10.7 Å². The second-order valence-electron chi connectivity index (χ2n) is 3.98. The van der Waals surface area contributed by atoms with Gasteiger partial charge in [0.2, 0.25) is 0 Å². The second kappa shape index (κ2) is 5.71. The fourth-order valence-electron chi connectivity index (χ4n) is 1.58. The maximum atomic E-state index is 11.1. The lowest BCUT2D eigenvalue weighted by molar-refractivity contribution is 0.0684. The second-order valence-corrected chi connectivity index (χ2v) is 4.39. The van der Waals surface area contributed by atoms with Crippen molar-refractivity contribution in [2.24, 2.45) is 0 Å². The predicted octanol–water partition coefficient (Wildman–Crippen LogP) is 3.32. The number of nitrogens with zero attached hydrogens (tertiary/aromatic N) is 1. The van der Waals surface area contributed by atoms with E-state index < -0.39 is 5.97 Å². The van der Waals surface area contributed by atoms with Gasteiger partial charge in [0.05, 0.1) is 0 Å². The minimum atomic E-state index is -1.11. The lowest BCUT2D eigenvalue weighted by atomic mass is 10.2. The fourth-order valence-corrected chi connectivity index (χ4v) is 1.77. The zero-order valence-corrected chi connectivity index (χ0v) is 11.0. The quantitative estimate of drug-likeness (QED) is 0.931. The predicted molar refractivity (Wildman–Crippen MR) is 71.7 cm³/mol. The van der Waals surface area contributed by atoms with Crippen molar-refractivity contribution in [2.45, 2.75) is 13.5 Å². The summed E-state index contributed by atoms with van der Waals surface area (Å²) in [4.78, 5) is 15.0. The normalized spacial score (nSPS) is 10.2.